The van der Waals surface area contributed by atoms with Crippen molar-refractivity contribution in [3.63, 3.8) is 0 Å². The van der Waals surface area contributed by atoms with Gasteiger partial charge in [0.1, 0.15) is 5.70 Å². The van der Waals surface area contributed by atoms with Gasteiger partial charge in [0.2, 0.25) is 5.78 Å². The second kappa shape index (κ2) is 6.37. The average molecular weight is 356 g/mol. The van der Waals surface area contributed by atoms with Crippen molar-refractivity contribution in [1.29, 1.82) is 0 Å². The van der Waals surface area contributed by atoms with Crippen LogP contribution in [0.4, 0.5) is 0 Å². The fourth-order valence-electron chi connectivity index (χ4n) is 3.10. The Bertz CT molecular complexity index is 948. The Morgan fingerprint density at radius 1 is 1.00 bits per heavy atom. The Balaban J connectivity index is 2.36. The number of nitrogens with zero attached hydrogens (tertiary/aromatic N) is 2. The van der Waals surface area contributed by atoms with E-state index >= 15 is 0 Å². The SMILES string of the molecule is CCN1C(C(=O)c2ccccc2)=C(N(C)C)c2ccccc2S1(=O)=O. The van der Waals surface area contributed by atoms with Crippen LogP contribution in [0.5, 0.6) is 0 Å². The quantitative estimate of drug-likeness (QED) is 0.791. The van der Waals surface area contributed by atoms with E-state index in [0.717, 1.165) is 0 Å². The normalized spacial score (nSPS) is 15.7. The van der Waals surface area contributed by atoms with Gasteiger partial charge < -0.3 is 4.90 Å². The second-order valence-electron chi connectivity index (χ2n) is 5.95. The van der Waals surface area contributed by atoms with Gasteiger partial charge in [0.05, 0.1) is 10.6 Å². The van der Waals surface area contributed by atoms with Crippen LogP contribution in [0.2, 0.25) is 0 Å². The zero-order valence-electron chi connectivity index (χ0n) is 14.4. The lowest BCUT2D eigenvalue weighted by Gasteiger charge is -2.35. The Morgan fingerprint density at radius 3 is 2.20 bits per heavy atom. The molecule has 1 heterocycles. The zero-order valence-corrected chi connectivity index (χ0v) is 15.2. The van der Waals surface area contributed by atoms with Crippen LogP contribution >= 0.6 is 0 Å². The number of likely N-dealkylation sites (N-methyl/N-ethyl adjacent to an activating group) is 1. The summed E-state index contributed by atoms with van der Waals surface area (Å²) >= 11 is 0. The molecule has 0 saturated heterocycles. The molecule has 25 heavy (non-hydrogen) atoms. The van der Waals surface area contributed by atoms with E-state index in [1.54, 1.807) is 60.4 Å². The molecule has 0 saturated carbocycles. The lowest BCUT2D eigenvalue weighted by atomic mass is 10.0. The molecule has 2 aromatic carbocycles. The third-order valence-corrected chi connectivity index (χ3v) is 6.10. The van der Waals surface area contributed by atoms with Gasteiger partial charge in [0.25, 0.3) is 10.0 Å². The predicted molar refractivity (Wildman–Crippen MR) is 97.4 cm³/mol. The summed E-state index contributed by atoms with van der Waals surface area (Å²) in [6.07, 6.45) is 0. The summed E-state index contributed by atoms with van der Waals surface area (Å²) < 4.78 is 27.3. The van der Waals surface area contributed by atoms with Crippen molar-refractivity contribution in [1.82, 2.24) is 9.21 Å². The molecule has 130 valence electrons. The van der Waals surface area contributed by atoms with Crippen molar-refractivity contribution < 1.29 is 13.2 Å². The van der Waals surface area contributed by atoms with Crippen molar-refractivity contribution in [2.24, 2.45) is 0 Å². The molecule has 0 atom stereocenters. The number of carbonyl (C=O) groups excluding carboxylic acids is 1. The number of fused-ring (bicyclic) bond motifs is 1. The molecule has 1 aliphatic heterocycles. The van der Waals surface area contributed by atoms with E-state index in [1.807, 2.05) is 20.2 Å². The summed E-state index contributed by atoms with van der Waals surface area (Å²) in [6, 6.07) is 15.6. The number of hydrogen-bond acceptors (Lipinski definition) is 4. The highest BCUT2D eigenvalue weighted by molar-refractivity contribution is 7.89. The van der Waals surface area contributed by atoms with Crippen LogP contribution in [0.15, 0.2) is 65.2 Å². The van der Waals surface area contributed by atoms with Gasteiger partial charge in [-0.05, 0) is 13.0 Å². The number of sulfonamides is 1. The number of ketones is 1. The summed E-state index contributed by atoms with van der Waals surface area (Å²) in [5.74, 6) is -0.302. The van der Waals surface area contributed by atoms with Gasteiger partial charge in [0, 0.05) is 31.8 Å². The Morgan fingerprint density at radius 2 is 1.60 bits per heavy atom. The fourth-order valence-corrected chi connectivity index (χ4v) is 4.78. The first-order valence-electron chi connectivity index (χ1n) is 8.03. The summed E-state index contributed by atoms with van der Waals surface area (Å²) in [5, 5.41) is 0. The summed E-state index contributed by atoms with van der Waals surface area (Å²) in [6.45, 7) is 1.92. The molecule has 0 fully saturated rings. The molecule has 0 amide bonds. The minimum absolute atomic E-state index is 0.182. The maximum Gasteiger partial charge on any atom is 0.265 e. The van der Waals surface area contributed by atoms with Crippen LogP contribution in [0.1, 0.15) is 22.8 Å². The van der Waals surface area contributed by atoms with E-state index in [-0.39, 0.29) is 22.9 Å². The molecule has 0 radical (unpaired) electrons. The van der Waals surface area contributed by atoms with E-state index < -0.39 is 10.0 Å². The summed E-state index contributed by atoms with van der Waals surface area (Å²) in [7, 11) is -0.142. The Hall–Kier alpha value is -2.60. The lowest BCUT2D eigenvalue weighted by molar-refractivity contribution is 0.101. The first-order chi connectivity index (χ1) is 11.9. The largest absolute Gasteiger partial charge is 0.375 e. The first kappa shape index (κ1) is 17.2. The monoisotopic (exact) mass is 356 g/mol. The van der Waals surface area contributed by atoms with Gasteiger partial charge >= 0.3 is 0 Å². The van der Waals surface area contributed by atoms with Crippen molar-refractivity contribution in [2.45, 2.75) is 11.8 Å². The summed E-state index contributed by atoms with van der Waals surface area (Å²) in [4.78, 5) is 15.2. The van der Waals surface area contributed by atoms with Crippen LogP contribution in [0.25, 0.3) is 5.70 Å². The maximum absolute atomic E-state index is 13.2. The van der Waals surface area contributed by atoms with E-state index in [4.69, 9.17) is 0 Å². The molecule has 0 aliphatic carbocycles. The minimum atomic E-state index is -3.77. The van der Waals surface area contributed by atoms with Gasteiger partial charge in [-0.25, -0.2) is 8.42 Å². The first-order valence-corrected chi connectivity index (χ1v) is 9.47. The highest BCUT2D eigenvalue weighted by Crippen LogP contribution is 2.38. The van der Waals surface area contributed by atoms with Gasteiger partial charge in [0.15, 0.2) is 0 Å². The third-order valence-electron chi connectivity index (χ3n) is 4.17. The van der Waals surface area contributed by atoms with Gasteiger partial charge in [-0.2, -0.15) is 0 Å². The predicted octanol–water partition coefficient (Wildman–Crippen LogP) is 2.82. The number of hydrogen-bond donors (Lipinski definition) is 0. The van der Waals surface area contributed by atoms with Crippen LogP contribution in [-0.2, 0) is 10.0 Å². The molecular formula is C19H20N2O3S. The zero-order chi connectivity index (χ0) is 18.2. The fraction of sp³-hybridized carbons (Fsp3) is 0.211. The van der Waals surface area contributed by atoms with Gasteiger partial charge in [-0.15, -0.1) is 0 Å². The van der Waals surface area contributed by atoms with E-state index in [1.165, 1.54) is 4.31 Å². The number of Topliss-reactive ketones (excluding diaryl/α,β-unsaturated/α-hetero) is 1. The van der Waals surface area contributed by atoms with Crippen LogP contribution in [0.3, 0.4) is 0 Å². The molecule has 2 aromatic rings. The standard InChI is InChI=1S/C19H20N2O3S/c1-4-21-18(19(22)14-10-6-5-7-11-14)17(20(2)3)15-12-8-9-13-16(15)25(21,23)24/h5-13H,4H2,1-3H3. The third kappa shape index (κ3) is 2.72. The molecular weight excluding hydrogens is 336 g/mol. The molecule has 0 N–H and O–H groups in total. The molecule has 3 rings (SSSR count). The molecule has 5 nitrogen and oxygen atoms in total. The maximum atomic E-state index is 13.2. The van der Waals surface area contributed by atoms with Crippen LogP contribution in [-0.4, -0.2) is 44.0 Å². The Kier molecular flexibility index (Phi) is 4.39. The molecule has 0 spiro atoms. The van der Waals surface area contributed by atoms with Crippen molar-refractivity contribution >= 4 is 21.5 Å². The number of allylic oxidation sites excluding steroid dienone is 1. The van der Waals surface area contributed by atoms with Crippen LogP contribution < -0.4 is 0 Å². The topological polar surface area (TPSA) is 57.7 Å². The van der Waals surface area contributed by atoms with Crippen LogP contribution in [0, 0.1) is 0 Å². The van der Waals surface area contributed by atoms with E-state index in [0.29, 0.717) is 16.8 Å². The second-order valence-corrected chi connectivity index (χ2v) is 7.78. The van der Waals surface area contributed by atoms with E-state index in [9.17, 15) is 13.2 Å². The molecule has 6 heteroatoms. The van der Waals surface area contributed by atoms with Gasteiger partial charge in [-0.1, -0.05) is 48.5 Å². The lowest BCUT2D eigenvalue weighted by Crippen LogP contribution is -2.40. The molecule has 1 aliphatic rings. The minimum Gasteiger partial charge on any atom is -0.375 e. The highest BCUT2D eigenvalue weighted by atomic mass is 32.2. The smallest absolute Gasteiger partial charge is 0.265 e. The molecule has 0 unspecified atom stereocenters. The number of carbonyl (C=O) groups is 1. The number of benzene rings is 2. The average Bonchev–Trinajstić information content (AvgIpc) is 2.61. The van der Waals surface area contributed by atoms with Crippen molar-refractivity contribution in [2.75, 3.05) is 20.6 Å². The number of rotatable bonds is 4. The highest BCUT2D eigenvalue weighted by Gasteiger charge is 2.39. The molecule has 0 bridgehead atoms. The van der Waals surface area contributed by atoms with Gasteiger partial charge in [-0.3, -0.25) is 9.10 Å². The Labute approximate surface area is 148 Å². The van der Waals surface area contributed by atoms with Crippen molar-refractivity contribution in [3.8, 4) is 0 Å². The van der Waals surface area contributed by atoms with Crippen molar-refractivity contribution in [3.05, 3.63) is 71.4 Å². The molecule has 0 aromatic heterocycles. The summed E-state index contributed by atoms with van der Waals surface area (Å²) in [5.41, 5.74) is 1.82. The van der Waals surface area contributed by atoms with E-state index in [2.05, 4.69) is 0 Å².